The van der Waals surface area contributed by atoms with Gasteiger partial charge in [0.1, 0.15) is 0 Å². The summed E-state index contributed by atoms with van der Waals surface area (Å²) in [6.07, 6.45) is 3.10. The lowest BCUT2D eigenvalue weighted by Gasteiger charge is -2.37. The molecule has 0 bridgehead atoms. The van der Waals surface area contributed by atoms with Crippen molar-refractivity contribution < 1.29 is 0 Å². The van der Waals surface area contributed by atoms with Crippen molar-refractivity contribution in [3.05, 3.63) is 105 Å². The fourth-order valence-electron chi connectivity index (χ4n) is 6.81. The number of hydrogen-bond donors (Lipinski definition) is 1. The number of thiocarbonyl (C=S) groups is 1. The number of rotatable bonds is 5. The van der Waals surface area contributed by atoms with Crippen LogP contribution in [0.25, 0.3) is 5.69 Å². The normalized spacial score (nSPS) is 22.7. The van der Waals surface area contributed by atoms with E-state index in [9.17, 15) is 0 Å². The molecule has 4 heterocycles. The van der Waals surface area contributed by atoms with Gasteiger partial charge in [0.2, 0.25) is 0 Å². The Labute approximate surface area is 261 Å². The molecule has 2 aromatic heterocycles. The highest BCUT2D eigenvalue weighted by atomic mass is 79.9. The highest BCUT2D eigenvalue weighted by Crippen LogP contribution is 2.45. The minimum Gasteiger partial charge on any atom is -0.370 e. The van der Waals surface area contributed by atoms with Crippen LogP contribution in [0.1, 0.15) is 55.0 Å². The molecule has 2 aliphatic rings. The zero-order chi connectivity index (χ0) is 28.8. The molecule has 2 fully saturated rings. The number of hydrogen-bond acceptors (Lipinski definition) is 3. The third kappa shape index (κ3) is 5.40. The summed E-state index contributed by atoms with van der Waals surface area (Å²) in [5.41, 5.74) is 7.67. The van der Waals surface area contributed by atoms with Crippen LogP contribution in [0.5, 0.6) is 0 Å². The molecule has 4 aromatic rings. The zero-order valence-corrected chi connectivity index (χ0v) is 27.0. The van der Waals surface area contributed by atoms with E-state index in [0.717, 1.165) is 51.0 Å². The molecule has 6 rings (SSSR count). The lowest BCUT2D eigenvalue weighted by Crippen LogP contribution is -2.38. The molecule has 4 unspecified atom stereocenters. The summed E-state index contributed by atoms with van der Waals surface area (Å²) >= 11 is 16.7. The number of halogens is 2. The lowest BCUT2D eigenvalue weighted by molar-refractivity contribution is 0.357. The molecule has 8 heteroatoms. The Bertz CT molecular complexity index is 1580. The van der Waals surface area contributed by atoms with Crippen LogP contribution >= 0.6 is 39.7 Å². The summed E-state index contributed by atoms with van der Waals surface area (Å²) in [5.74, 6) is 1.29. The minimum atomic E-state index is -0.123. The van der Waals surface area contributed by atoms with Crippen molar-refractivity contribution in [1.29, 1.82) is 0 Å². The summed E-state index contributed by atoms with van der Waals surface area (Å²) < 4.78 is 3.36. The number of aryl methyl sites for hydroxylation is 1. The Hall–Kier alpha value is -2.87. The molecule has 0 amide bonds. The average Bonchev–Trinajstić information content (AvgIpc) is 3.43. The van der Waals surface area contributed by atoms with Crippen molar-refractivity contribution in [3.8, 4) is 5.69 Å². The van der Waals surface area contributed by atoms with E-state index in [1.54, 1.807) is 0 Å². The van der Waals surface area contributed by atoms with Gasteiger partial charge >= 0.3 is 0 Å². The number of benzene rings is 2. The maximum atomic E-state index is 7.03. The van der Waals surface area contributed by atoms with Gasteiger partial charge in [-0.25, -0.2) is 0 Å². The van der Waals surface area contributed by atoms with Gasteiger partial charge in [0.15, 0.2) is 5.11 Å². The fourth-order valence-corrected chi connectivity index (χ4v) is 7.84. The molecule has 0 saturated carbocycles. The fraction of sp³-hybridized carbons (Fsp3) is 0.333. The Balaban J connectivity index is 1.44. The van der Waals surface area contributed by atoms with E-state index in [1.165, 1.54) is 17.7 Å². The second kappa shape index (κ2) is 11.4. The molecule has 0 aliphatic carbocycles. The van der Waals surface area contributed by atoms with E-state index >= 15 is 0 Å². The molecule has 5 nitrogen and oxygen atoms in total. The molecule has 41 heavy (non-hydrogen) atoms. The third-order valence-electron chi connectivity index (χ3n) is 8.37. The van der Waals surface area contributed by atoms with E-state index in [1.807, 2.05) is 18.3 Å². The summed E-state index contributed by atoms with van der Waals surface area (Å²) in [4.78, 5) is 9.40. The number of anilines is 2. The van der Waals surface area contributed by atoms with E-state index < -0.39 is 0 Å². The molecule has 2 saturated heterocycles. The Kier molecular flexibility index (Phi) is 7.88. The number of aromatic nitrogens is 2. The largest absolute Gasteiger partial charge is 0.370 e. The second-order valence-corrected chi connectivity index (χ2v) is 13.3. The van der Waals surface area contributed by atoms with Crippen molar-refractivity contribution >= 4 is 56.2 Å². The van der Waals surface area contributed by atoms with Crippen molar-refractivity contribution in [2.45, 2.75) is 46.2 Å². The predicted molar refractivity (Wildman–Crippen MR) is 177 cm³/mol. The van der Waals surface area contributed by atoms with Gasteiger partial charge in [0.25, 0.3) is 0 Å². The van der Waals surface area contributed by atoms with Crippen LogP contribution in [-0.2, 0) is 0 Å². The van der Waals surface area contributed by atoms with E-state index in [0.29, 0.717) is 16.9 Å². The number of nitrogens with zero attached hydrogens (tertiary/aromatic N) is 4. The highest BCUT2D eigenvalue weighted by Gasteiger charge is 2.42. The standard InChI is InChI=1S/C33H35BrClN5S/c1-20-14-21(2)19-38(18-20)30-12-11-26(17-28(30)35)40-32(31(37-33(40)41)29-10-5-6-13-36-29)27-15-22(3)39(23(27)4)25-9-7-8-24(34)16-25/h5-13,15-17,20-21,31-32H,14,18-19H2,1-4H3,(H,37,41). The average molecular weight is 649 g/mol. The molecule has 212 valence electrons. The zero-order valence-electron chi connectivity index (χ0n) is 23.8. The molecule has 0 radical (unpaired) electrons. The van der Waals surface area contributed by atoms with Gasteiger partial charge < -0.3 is 19.7 Å². The van der Waals surface area contributed by atoms with E-state index in [-0.39, 0.29) is 12.1 Å². The van der Waals surface area contributed by atoms with Crippen LogP contribution in [-0.4, -0.2) is 27.8 Å². The first-order valence-corrected chi connectivity index (χ1v) is 15.8. The SMILES string of the molecule is Cc1cc(C2C(c3ccccn3)NC(=S)N2c2ccc(N3CC(C)CC(C)C3)c(Cl)c2)c(C)n1-c1cccc(Br)c1. The van der Waals surface area contributed by atoms with Gasteiger partial charge in [-0.05, 0) is 104 Å². The monoisotopic (exact) mass is 647 g/mol. The molecule has 1 N–H and O–H groups in total. The summed E-state index contributed by atoms with van der Waals surface area (Å²) in [6, 6.07) is 22.9. The van der Waals surface area contributed by atoms with Gasteiger partial charge in [-0.1, -0.05) is 53.5 Å². The van der Waals surface area contributed by atoms with Gasteiger partial charge in [-0.15, -0.1) is 0 Å². The van der Waals surface area contributed by atoms with E-state index in [4.69, 9.17) is 28.8 Å². The van der Waals surface area contributed by atoms with Crippen LogP contribution in [0, 0.1) is 25.7 Å². The number of nitrogens with one attached hydrogen (secondary N) is 1. The molecule has 2 aliphatic heterocycles. The maximum Gasteiger partial charge on any atom is 0.174 e. The summed E-state index contributed by atoms with van der Waals surface area (Å²) in [6.45, 7) is 11.0. The Morgan fingerprint density at radius 3 is 2.41 bits per heavy atom. The first-order valence-electron chi connectivity index (χ1n) is 14.2. The first kappa shape index (κ1) is 28.3. The maximum absolute atomic E-state index is 7.03. The van der Waals surface area contributed by atoms with Gasteiger partial charge in [-0.3, -0.25) is 4.98 Å². The number of piperidine rings is 1. The van der Waals surface area contributed by atoms with Crippen molar-refractivity contribution in [3.63, 3.8) is 0 Å². The van der Waals surface area contributed by atoms with Crippen LogP contribution < -0.4 is 15.1 Å². The van der Waals surface area contributed by atoms with Crippen molar-refractivity contribution in [2.24, 2.45) is 11.8 Å². The van der Waals surface area contributed by atoms with Crippen molar-refractivity contribution in [2.75, 3.05) is 22.9 Å². The molecule has 0 spiro atoms. The molecular formula is C33H35BrClN5S. The molecule has 4 atom stereocenters. The third-order valence-corrected chi connectivity index (χ3v) is 9.48. The summed E-state index contributed by atoms with van der Waals surface area (Å²) in [5, 5.41) is 5.03. The quantitative estimate of drug-likeness (QED) is 0.220. The minimum absolute atomic E-state index is 0.110. The van der Waals surface area contributed by atoms with Gasteiger partial charge in [0, 0.05) is 46.5 Å². The highest BCUT2D eigenvalue weighted by molar-refractivity contribution is 9.10. The topological polar surface area (TPSA) is 36.3 Å². The Morgan fingerprint density at radius 1 is 0.951 bits per heavy atom. The predicted octanol–water partition coefficient (Wildman–Crippen LogP) is 8.56. The lowest BCUT2D eigenvalue weighted by atomic mass is 9.91. The van der Waals surface area contributed by atoms with Crippen molar-refractivity contribution in [1.82, 2.24) is 14.9 Å². The van der Waals surface area contributed by atoms with Crippen LogP contribution in [0.4, 0.5) is 11.4 Å². The number of pyridine rings is 1. The van der Waals surface area contributed by atoms with Gasteiger partial charge in [-0.2, -0.15) is 0 Å². The van der Waals surface area contributed by atoms with Crippen LogP contribution in [0.3, 0.4) is 0 Å². The smallest absolute Gasteiger partial charge is 0.174 e. The molecule has 2 aromatic carbocycles. The second-order valence-electron chi connectivity index (χ2n) is 11.6. The Morgan fingerprint density at radius 2 is 1.73 bits per heavy atom. The molecular weight excluding hydrogens is 614 g/mol. The first-order chi connectivity index (χ1) is 19.7. The van der Waals surface area contributed by atoms with Gasteiger partial charge in [0.05, 0.1) is 28.5 Å². The summed E-state index contributed by atoms with van der Waals surface area (Å²) in [7, 11) is 0. The van der Waals surface area contributed by atoms with Crippen LogP contribution in [0.2, 0.25) is 5.02 Å². The van der Waals surface area contributed by atoms with E-state index in [2.05, 4.69) is 118 Å². The van der Waals surface area contributed by atoms with Crippen LogP contribution in [0.15, 0.2) is 77.4 Å².